The number of rotatable bonds is 3. The van der Waals surface area contributed by atoms with Gasteiger partial charge in [0.1, 0.15) is 0 Å². The third-order valence-corrected chi connectivity index (χ3v) is 4.93. The van der Waals surface area contributed by atoms with Crippen molar-refractivity contribution in [2.45, 2.75) is 45.8 Å². The van der Waals surface area contributed by atoms with Gasteiger partial charge in [0.25, 0.3) is 0 Å². The second-order valence-corrected chi connectivity index (χ2v) is 7.02. The normalized spacial score (nSPS) is 19.1. The fourth-order valence-corrected chi connectivity index (χ4v) is 3.85. The number of amides is 1. The van der Waals surface area contributed by atoms with E-state index in [4.69, 9.17) is 0 Å². The van der Waals surface area contributed by atoms with Gasteiger partial charge in [0, 0.05) is 22.7 Å². The number of fused-ring (bicyclic) bond motifs is 1. The molecule has 6 heteroatoms. The van der Waals surface area contributed by atoms with Crippen LogP contribution >= 0.6 is 11.3 Å². The first-order valence-electron chi connectivity index (χ1n) is 7.16. The second kappa shape index (κ2) is 5.61. The number of hydrogen-bond acceptors (Lipinski definition) is 4. The smallest absolute Gasteiger partial charge is 0.238 e. The Morgan fingerprint density at radius 3 is 3.05 bits per heavy atom. The molecule has 0 radical (unpaired) electrons. The van der Waals surface area contributed by atoms with E-state index in [2.05, 4.69) is 40.5 Å². The van der Waals surface area contributed by atoms with Gasteiger partial charge in [-0.3, -0.25) is 10.1 Å². The molecule has 3 rings (SSSR count). The van der Waals surface area contributed by atoms with Gasteiger partial charge in [-0.15, -0.1) is 11.3 Å². The van der Waals surface area contributed by atoms with Gasteiger partial charge < -0.3 is 10.3 Å². The zero-order chi connectivity index (χ0) is 15.0. The molecule has 2 atom stereocenters. The molecule has 1 amide bonds. The van der Waals surface area contributed by atoms with Crippen molar-refractivity contribution in [3.05, 3.63) is 39.1 Å². The van der Waals surface area contributed by atoms with Crippen LogP contribution in [0.3, 0.4) is 0 Å². The van der Waals surface area contributed by atoms with Crippen molar-refractivity contribution in [3.8, 4) is 0 Å². The van der Waals surface area contributed by atoms with E-state index in [1.54, 1.807) is 17.7 Å². The summed E-state index contributed by atoms with van der Waals surface area (Å²) in [5.74, 6) is 0.0411. The Balaban J connectivity index is 1.66. The molecule has 112 valence electrons. The predicted molar refractivity (Wildman–Crippen MR) is 83.3 cm³/mol. The molecule has 0 fully saturated rings. The zero-order valence-corrected chi connectivity index (χ0v) is 13.3. The van der Waals surface area contributed by atoms with Crippen LogP contribution in [0.4, 0.5) is 0 Å². The lowest BCUT2D eigenvalue weighted by molar-refractivity contribution is -0.124. The minimum Gasteiger partial charge on any atom is -0.348 e. The van der Waals surface area contributed by atoms with E-state index >= 15 is 0 Å². The molecule has 2 aromatic heterocycles. The van der Waals surface area contributed by atoms with Crippen molar-refractivity contribution in [2.75, 3.05) is 0 Å². The molecule has 0 aromatic carbocycles. The van der Waals surface area contributed by atoms with Gasteiger partial charge in [-0.2, -0.15) is 0 Å². The highest BCUT2D eigenvalue weighted by atomic mass is 32.1. The van der Waals surface area contributed by atoms with Crippen molar-refractivity contribution in [2.24, 2.45) is 0 Å². The summed E-state index contributed by atoms with van der Waals surface area (Å²) in [7, 11) is 0. The standard InChI is InChI=1S/C15H20N4OS/c1-8-4-11(10(3)21-8)9(2)19-15(20)13-5-12-14(6-16-13)18-7-17-12/h4,7,9,13,16H,5-6H2,1-3H3,(H,17,18)(H,19,20). The monoisotopic (exact) mass is 304 g/mol. The minimum atomic E-state index is -0.205. The van der Waals surface area contributed by atoms with Gasteiger partial charge >= 0.3 is 0 Å². The lowest BCUT2D eigenvalue weighted by Crippen LogP contribution is -2.48. The molecular formula is C15H20N4OS. The van der Waals surface area contributed by atoms with Crippen LogP contribution < -0.4 is 10.6 Å². The van der Waals surface area contributed by atoms with E-state index in [1.807, 2.05) is 6.92 Å². The Morgan fingerprint density at radius 1 is 1.52 bits per heavy atom. The first kappa shape index (κ1) is 14.3. The van der Waals surface area contributed by atoms with E-state index in [1.165, 1.54) is 15.3 Å². The summed E-state index contributed by atoms with van der Waals surface area (Å²) < 4.78 is 0. The number of H-pyrrole nitrogens is 1. The van der Waals surface area contributed by atoms with E-state index in [-0.39, 0.29) is 18.0 Å². The summed E-state index contributed by atoms with van der Waals surface area (Å²) in [5, 5.41) is 6.37. The molecule has 2 unspecified atom stereocenters. The quantitative estimate of drug-likeness (QED) is 0.812. The molecular weight excluding hydrogens is 284 g/mol. The molecule has 1 aliphatic heterocycles. The third-order valence-electron chi connectivity index (χ3n) is 3.95. The number of aromatic nitrogens is 2. The Labute approximate surface area is 128 Å². The number of imidazole rings is 1. The number of carbonyl (C=O) groups excluding carboxylic acids is 1. The molecule has 0 saturated heterocycles. The van der Waals surface area contributed by atoms with Crippen LogP contribution in [0.15, 0.2) is 12.4 Å². The van der Waals surface area contributed by atoms with Gasteiger partial charge in [-0.25, -0.2) is 4.98 Å². The van der Waals surface area contributed by atoms with Crippen LogP contribution in [-0.4, -0.2) is 21.9 Å². The largest absolute Gasteiger partial charge is 0.348 e. The Hall–Kier alpha value is -1.66. The van der Waals surface area contributed by atoms with Crippen molar-refractivity contribution in [1.82, 2.24) is 20.6 Å². The first-order valence-corrected chi connectivity index (χ1v) is 7.98. The highest BCUT2D eigenvalue weighted by Crippen LogP contribution is 2.26. The Kier molecular flexibility index (Phi) is 3.82. The fourth-order valence-electron chi connectivity index (χ4n) is 2.83. The number of hydrogen-bond donors (Lipinski definition) is 3. The molecule has 21 heavy (non-hydrogen) atoms. The molecule has 5 nitrogen and oxygen atoms in total. The molecule has 0 saturated carbocycles. The molecule has 0 aliphatic carbocycles. The van der Waals surface area contributed by atoms with Gasteiger partial charge in [-0.05, 0) is 32.4 Å². The van der Waals surface area contributed by atoms with E-state index in [0.717, 1.165) is 11.4 Å². The number of aryl methyl sites for hydroxylation is 2. The molecule has 3 N–H and O–H groups in total. The topological polar surface area (TPSA) is 69.8 Å². The average molecular weight is 304 g/mol. The lowest BCUT2D eigenvalue weighted by Gasteiger charge is -2.24. The summed E-state index contributed by atoms with van der Waals surface area (Å²) in [6, 6.07) is 1.98. The minimum absolute atomic E-state index is 0.0323. The number of nitrogens with one attached hydrogen (secondary N) is 3. The summed E-state index contributed by atoms with van der Waals surface area (Å²) in [4.78, 5) is 22.3. The zero-order valence-electron chi connectivity index (χ0n) is 12.5. The lowest BCUT2D eigenvalue weighted by atomic mass is 10.0. The summed E-state index contributed by atoms with van der Waals surface area (Å²) in [5.41, 5.74) is 3.28. The molecule has 0 spiro atoms. The van der Waals surface area contributed by atoms with Crippen LogP contribution in [0.2, 0.25) is 0 Å². The van der Waals surface area contributed by atoms with Crippen molar-refractivity contribution in [3.63, 3.8) is 0 Å². The molecule has 0 bridgehead atoms. The highest BCUT2D eigenvalue weighted by Gasteiger charge is 2.27. The van der Waals surface area contributed by atoms with Crippen molar-refractivity contribution >= 4 is 17.2 Å². The number of thiophene rings is 1. The van der Waals surface area contributed by atoms with Gasteiger partial charge in [0.2, 0.25) is 5.91 Å². The van der Waals surface area contributed by atoms with Crippen LogP contribution in [0.25, 0.3) is 0 Å². The Bertz CT molecular complexity index is 660. The maximum atomic E-state index is 12.4. The fraction of sp³-hybridized carbons (Fsp3) is 0.467. The van der Waals surface area contributed by atoms with Crippen LogP contribution in [0, 0.1) is 13.8 Å². The van der Waals surface area contributed by atoms with E-state index in [9.17, 15) is 4.79 Å². The van der Waals surface area contributed by atoms with E-state index < -0.39 is 0 Å². The van der Waals surface area contributed by atoms with Crippen LogP contribution in [0.5, 0.6) is 0 Å². The number of carbonyl (C=O) groups is 1. The summed E-state index contributed by atoms with van der Waals surface area (Å²) in [6.07, 6.45) is 2.33. The second-order valence-electron chi connectivity index (χ2n) is 5.56. The van der Waals surface area contributed by atoms with Crippen molar-refractivity contribution in [1.29, 1.82) is 0 Å². The predicted octanol–water partition coefficient (Wildman–Crippen LogP) is 1.98. The van der Waals surface area contributed by atoms with Crippen LogP contribution in [0.1, 0.15) is 39.7 Å². The van der Waals surface area contributed by atoms with Crippen molar-refractivity contribution < 1.29 is 4.79 Å². The maximum absolute atomic E-state index is 12.4. The molecule has 3 heterocycles. The summed E-state index contributed by atoms with van der Waals surface area (Å²) >= 11 is 1.77. The molecule has 1 aliphatic rings. The SMILES string of the molecule is Cc1cc(C(C)NC(=O)C2Cc3nc[nH]c3CN2)c(C)s1. The highest BCUT2D eigenvalue weighted by molar-refractivity contribution is 7.12. The van der Waals surface area contributed by atoms with Gasteiger partial charge in [0.05, 0.1) is 29.8 Å². The van der Waals surface area contributed by atoms with Gasteiger partial charge in [0.15, 0.2) is 0 Å². The summed E-state index contributed by atoms with van der Waals surface area (Å²) in [6.45, 7) is 6.90. The molecule has 2 aromatic rings. The third kappa shape index (κ3) is 2.87. The number of nitrogens with zero attached hydrogens (tertiary/aromatic N) is 1. The Morgan fingerprint density at radius 2 is 2.33 bits per heavy atom. The average Bonchev–Trinajstić information content (AvgIpc) is 3.03. The maximum Gasteiger partial charge on any atom is 0.238 e. The number of aromatic amines is 1. The first-order chi connectivity index (χ1) is 10.0. The van der Waals surface area contributed by atoms with E-state index in [0.29, 0.717) is 13.0 Å². The van der Waals surface area contributed by atoms with Gasteiger partial charge in [-0.1, -0.05) is 0 Å². The van der Waals surface area contributed by atoms with Crippen LogP contribution in [-0.2, 0) is 17.8 Å².